The van der Waals surface area contributed by atoms with E-state index in [1.807, 2.05) is 12.2 Å². The minimum atomic E-state index is -3.92. The normalized spacial score (nSPS) is 13.9. The third kappa shape index (κ3) is 3.69. The van der Waals surface area contributed by atoms with E-state index in [1.54, 1.807) is 0 Å². The molecule has 1 nitrogen and oxygen atoms in total. The zero-order chi connectivity index (χ0) is 18.5. The van der Waals surface area contributed by atoms with Gasteiger partial charge in [-0.15, -0.1) is 0 Å². The van der Waals surface area contributed by atoms with Gasteiger partial charge in [-0.1, -0.05) is 0 Å². The fourth-order valence-corrected chi connectivity index (χ4v) is 19.0. The van der Waals surface area contributed by atoms with Gasteiger partial charge in [0.15, 0.2) is 0 Å². The third-order valence-corrected chi connectivity index (χ3v) is 20.5. The van der Waals surface area contributed by atoms with E-state index in [2.05, 4.69) is 97.1 Å². The van der Waals surface area contributed by atoms with Gasteiger partial charge in [-0.25, -0.2) is 0 Å². The molecule has 0 saturated heterocycles. The van der Waals surface area contributed by atoms with Crippen LogP contribution >= 0.6 is 12.2 Å². The fraction of sp³-hybridized carbons (Fsp3) is 0.0417. The first-order chi connectivity index (χ1) is 13.3. The van der Waals surface area contributed by atoms with Crippen molar-refractivity contribution < 1.29 is 2.69 Å². The first-order valence-corrected chi connectivity index (χ1v) is 16.9. The molecule has 1 aliphatic carbocycles. The van der Waals surface area contributed by atoms with Crippen molar-refractivity contribution in [2.75, 3.05) is 0 Å². The van der Waals surface area contributed by atoms with Crippen molar-refractivity contribution in [1.82, 2.24) is 0 Å². The summed E-state index contributed by atoms with van der Waals surface area (Å²) in [5.41, 5.74) is 0. The van der Waals surface area contributed by atoms with Crippen molar-refractivity contribution in [2.24, 2.45) is 0 Å². The summed E-state index contributed by atoms with van der Waals surface area (Å²) in [6.07, 6.45) is 6.92. The SMILES string of the molecule is S=C1CC=CC=C1[O][Pb]([c]1ccccc1)([c]1ccccc1)[c]1ccccc1. The first kappa shape index (κ1) is 18.3. The average molecular weight is 564 g/mol. The predicted octanol–water partition coefficient (Wildman–Crippen LogP) is 3.88. The van der Waals surface area contributed by atoms with Gasteiger partial charge in [0, 0.05) is 0 Å². The molecule has 0 spiro atoms. The zero-order valence-electron chi connectivity index (χ0n) is 14.9. The van der Waals surface area contributed by atoms with Gasteiger partial charge in [0.2, 0.25) is 0 Å². The molecule has 3 heteroatoms. The van der Waals surface area contributed by atoms with E-state index in [0.717, 1.165) is 17.0 Å². The Balaban J connectivity index is 1.99. The van der Waals surface area contributed by atoms with Crippen molar-refractivity contribution in [3.8, 4) is 0 Å². The van der Waals surface area contributed by atoms with Gasteiger partial charge >= 0.3 is 172 Å². The molecule has 0 bridgehead atoms. The molecule has 0 N–H and O–H groups in total. The maximum absolute atomic E-state index is 7.04. The van der Waals surface area contributed by atoms with Crippen LogP contribution < -0.4 is 9.37 Å². The molecule has 0 unspecified atom stereocenters. The van der Waals surface area contributed by atoms with E-state index >= 15 is 0 Å². The zero-order valence-corrected chi connectivity index (χ0v) is 19.6. The summed E-state index contributed by atoms with van der Waals surface area (Å²) in [6.45, 7) is 0. The molecule has 27 heavy (non-hydrogen) atoms. The molecule has 0 aliphatic heterocycles. The summed E-state index contributed by atoms with van der Waals surface area (Å²) in [5, 5.41) is 0. The molecule has 4 rings (SSSR count). The molecule has 1 aliphatic rings. The molecular formula is C24H20OPbS. The van der Waals surface area contributed by atoms with Crippen LogP contribution in [0.1, 0.15) is 6.42 Å². The van der Waals surface area contributed by atoms with Crippen molar-refractivity contribution >= 4 is 48.1 Å². The van der Waals surface area contributed by atoms with Crippen LogP contribution in [0.4, 0.5) is 0 Å². The van der Waals surface area contributed by atoms with Crippen LogP contribution in [0.15, 0.2) is 115 Å². The maximum atomic E-state index is 7.04. The monoisotopic (exact) mass is 564 g/mol. The standard InChI is InChI=1S/C6H6OS.3C6H5.Pb/c7-5-3-1-2-4-6(5)8;3*1-2-4-6-5-3-1;/h1-3,7H,4H2;3*1-5H;/q;;;;+1/p-1. The predicted molar refractivity (Wildman–Crippen MR) is 120 cm³/mol. The van der Waals surface area contributed by atoms with Gasteiger partial charge in [0.25, 0.3) is 0 Å². The molecule has 3 aromatic carbocycles. The van der Waals surface area contributed by atoms with Crippen molar-refractivity contribution in [1.29, 1.82) is 0 Å². The second kappa shape index (κ2) is 8.32. The summed E-state index contributed by atoms with van der Waals surface area (Å²) in [5.74, 6) is 0.853. The molecule has 132 valence electrons. The minimum absolute atomic E-state index is 0.767. The van der Waals surface area contributed by atoms with Gasteiger partial charge in [-0.2, -0.15) is 0 Å². The van der Waals surface area contributed by atoms with E-state index < -0.39 is 21.6 Å². The van der Waals surface area contributed by atoms with Gasteiger partial charge < -0.3 is 0 Å². The second-order valence-electron chi connectivity index (χ2n) is 6.47. The second-order valence-corrected chi connectivity index (χ2v) is 19.8. The molecule has 0 radical (unpaired) electrons. The van der Waals surface area contributed by atoms with Gasteiger partial charge in [-0.05, 0) is 0 Å². The van der Waals surface area contributed by atoms with Crippen LogP contribution in [-0.4, -0.2) is 26.5 Å². The third-order valence-electron chi connectivity index (χ3n) is 4.77. The molecule has 0 saturated carbocycles. The Hall–Kier alpha value is -2.05. The molecule has 0 fully saturated rings. The van der Waals surface area contributed by atoms with Crippen LogP contribution in [0.25, 0.3) is 0 Å². The van der Waals surface area contributed by atoms with E-state index in [-0.39, 0.29) is 0 Å². The summed E-state index contributed by atoms with van der Waals surface area (Å²) in [6, 6.07) is 32.1. The topological polar surface area (TPSA) is 9.23 Å². The molecule has 3 aromatic rings. The first-order valence-electron chi connectivity index (χ1n) is 9.06. The van der Waals surface area contributed by atoms with Crippen LogP contribution in [0.5, 0.6) is 0 Å². The Morgan fingerprint density at radius 1 is 0.667 bits per heavy atom. The summed E-state index contributed by atoms with van der Waals surface area (Å²) in [7, 11) is 0. The van der Waals surface area contributed by atoms with Gasteiger partial charge in [0.05, 0.1) is 0 Å². The van der Waals surface area contributed by atoms with E-state index in [1.165, 1.54) is 9.37 Å². The summed E-state index contributed by atoms with van der Waals surface area (Å²) in [4.78, 5) is 0.879. The van der Waals surface area contributed by atoms with Crippen molar-refractivity contribution in [2.45, 2.75) is 6.42 Å². The van der Waals surface area contributed by atoms with E-state index in [4.69, 9.17) is 14.9 Å². The number of benzene rings is 3. The molecule has 0 heterocycles. The Labute approximate surface area is 171 Å². The number of thiocarbonyl (C=S) groups is 1. The van der Waals surface area contributed by atoms with E-state index in [9.17, 15) is 0 Å². The van der Waals surface area contributed by atoms with Crippen LogP contribution in [0, 0.1) is 0 Å². The number of hydrogen-bond acceptors (Lipinski definition) is 2. The Morgan fingerprint density at radius 2 is 1.11 bits per heavy atom. The number of rotatable bonds is 5. The molecule has 0 amide bonds. The van der Waals surface area contributed by atoms with Crippen molar-refractivity contribution in [3.63, 3.8) is 0 Å². The molecule has 0 atom stereocenters. The molecule has 0 aromatic heterocycles. The average Bonchev–Trinajstić information content (AvgIpc) is 2.75. The quantitative estimate of drug-likeness (QED) is 0.344. The van der Waals surface area contributed by atoms with E-state index in [0.29, 0.717) is 0 Å². The molecular weight excluding hydrogens is 544 g/mol. The fourth-order valence-electron chi connectivity index (χ4n) is 3.48. The number of hydrogen-bond donors (Lipinski definition) is 0. The van der Waals surface area contributed by atoms with Gasteiger partial charge in [0.1, 0.15) is 0 Å². The Bertz CT molecular complexity index is 882. The van der Waals surface area contributed by atoms with Crippen LogP contribution in [0.3, 0.4) is 0 Å². The Morgan fingerprint density at radius 3 is 1.52 bits per heavy atom. The number of allylic oxidation sites excluding steroid dienone is 4. The van der Waals surface area contributed by atoms with Crippen LogP contribution in [-0.2, 0) is 2.69 Å². The van der Waals surface area contributed by atoms with Gasteiger partial charge in [-0.3, -0.25) is 0 Å². The summed E-state index contributed by atoms with van der Waals surface area (Å²) < 4.78 is 10.9. The van der Waals surface area contributed by atoms with Crippen LogP contribution in [0.2, 0.25) is 0 Å². The van der Waals surface area contributed by atoms with Crippen molar-refractivity contribution in [3.05, 3.63) is 115 Å². The Kier molecular flexibility index (Phi) is 5.64. The summed E-state index contributed by atoms with van der Waals surface area (Å²) >= 11 is 1.71.